The molecule has 1 N–H and O–H groups in total. The molecule has 0 spiro atoms. The van der Waals surface area contributed by atoms with Gasteiger partial charge < -0.3 is 5.11 Å². The minimum absolute atomic E-state index is 0.114. The quantitative estimate of drug-likeness (QED) is 0.705. The van der Waals surface area contributed by atoms with Crippen LogP contribution >= 0.6 is 0 Å². The summed E-state index contributed by atoms with van der Waals surface area (Å²) >= 11 is 0. The molecule has 0 aliphatic heterocycles. The summed E-state index contributed by atoms with van der Waals surface area (Å²) in [5, 5.41) is 9.31. The van der Waals surface area contributed by atoms with Gasteiger partial charge in [-0.15, -0.1) is 0 Å². The average Bonchev–Trinajstić information content (AvgIpc) is 1.82. The maximum Gasteiger partial charge on any atom is 0.149 e. The molecule has 0 amide bonds. The number of aliphatic hydroxyl groups is 1. The molecule has 74 valence electrons. The summed E-state index contributed by atoms with van der Waals surface area (Å²) in [6, 6.07) is 0. The van der Waals surface area contributed by atoms with Crippen molar-refractivity contribution in [3.8, 4) is 0 Å². The van der Waals surface area contributed by atoms with Crippen molar-refractivity contribution < 1.29 is 13.5 Å². The van der Waals surface area contributed by atoms with E-state index in [0.29, 0.717) is 12.3 Å². The van der Waals surface area contributed by atoms with Crippen molar-refractivity contribution >= 4 is 9.84 Å². The van der Waals surface area contributed by atoms with E-state index in [1.165, 1.54) is 0 Å². The van der Waals surface area contributed by atoms with Crippen LogP contribution in [0.4, 0.5) is 0 Å². The first-order chi connectivity index (χ1) is 5.35. The van der Waals surface area contributed by atoms with Crippen LogP contribution in [0.1, 0.15) is 26.7 Å². The van der Waals surface area contributed by atoms with Crippen molar-refractivity contribution in [1.29, 1.82) is 0 Å². The van der Waals surface area contributed by atoms with Gasteiger partial charge in [0, 0.05) is 6.26 Å². The summed E-state index contributed by atoms with van der Waals surface area (Å²) in [5.41, 5.74) is 0. The lowest BCUT2D eigenvalue weighted by molar-refractivity contribution is 0.165. The van der Waals surface area contributed by atoms with Crippen LogP contribution in [-0.2, 0) is 9.84 Å². The summed E-state index contributed by atoms with van der Waals surface area (Å²) in [6.07, 6.45) is 1.99. The molecule has 0 rings (SSSR count). The van der Waals surface area contributed by atoms with E-state index in [9.17, 15) is 13.5 Å². The van der Waals surface area contributed by atoms with Crippen molar-refractivity contribution in [3.63, 3.8) is 0 Å². The smallest absolute Gasteiger partial charge is 0.149 e. The van der Waals surface area contributed by atoms with E-state index >= 15 is 0 Å². The molecule has 3 nitrogen and oxygen atoms in total. The summed E-state index contributed by atoms with van der Waals surface area (Å²) in [7, 11) is -3.03. The third-order valence-electron chi connectivity index (χ3n) is 1.87. The molecule has 0 aromatic heterocycles. The fourth-order valence-corrected chi connectivity index (χ4v) is 1.88. The third-order valence-corrected chi connectivity index (χ3v) is 2.86. The minimum Gasteiger partial charge on any atom is -0.392 e. The van der Waals surface area contributed by atoms with Gasteiger partial charge in [-0.05, 0) is 12.3 Å². The van der Waals surface area contributed by atoms with Gasteiger partial charge >= 0.3 is 0 Å². The van der Waals surface area contributed by atoms with Gasteiger partial charge in [-0.2, -0.15) is 0 Å². The zero-order chi connectivity index (χ0) is 9.78. The van der Waals surface area contributed by atoms with E-state index in [0.717, 1.165) is 12.7 Å². The minimum atomic E-state index is -3.03. The SMILES string of the molecule is CCC(C)CC(O)CS(C)(=O)=O. The van der Waals surface area contributed by atoms with Crippen LogP contribution in [0.3, 0.4) is 0 Å². The highest BCUT2D eigenvalue weighted by Gasteiger charge is 2.14. The van der Waals surface area contributed by atoms with Gasteiger partial charge in [-0.3, -0.25) is 0 Å². The van der Waals surface area contributed by atoms with Gasteiger partial charge in [0.25, 0.3) is 0 Å². The fraction of sp³-hybridized carbons (Fsp3) is 1.00. The van der Waals surface area contributed by atoms with E-state index in [1.807, 2.05) is 13.8 Å². The molecule has 0 aromatic rings. The summed E-state index contributed by atoms with van der Waals surface area (Å²) in [4.78, 5) is 0. The number of hydrogen-bond donors (Lipinski definition) is 1. The highest BCUT2D eigenvalue weighted by Crippen LogP contribution is 2.10. The van der Waals surface area contributed by atoms with Gasteiger partial charge in [0.05, 0.1) is 11.9 Å². The zero-order valence-corrected chi connectivity index (χ0v) is 8.76. The van der Waals surface area contributed by atoms with Crippen LogP contribution in [0, 0.1) is 5.92 Å². The Morgan fingerprint density at radius 3 is 2.25 bits per heavy atom. The van der Waals surface area contributed by atoms with Crippen LogP contribution in [-0.4, -0.2) is 31.6 Å². The Hall–Kier alpha value is -0.0900. The van der Waals surface area contributed by atoms with E-state index in [1.54, 1.807) is 0 Å². The monoisotopic (exact) mass is 194 g/mol. The number of hydrogen-bond acceptors (Lipinski definition) is 3. The molecule has 4 heteroatoms. The van der Waals surface area contributed by atoms with E-state index in [2.05, 4.69) is 0 Å². The van der Waals surface area contributed by atoms with Gasteiger partial charge in [0.15, 0.2) is 0 Å². The molecule has 0 heterocycles. The first kappa shape index (κ1) is 11.9. The van der Waals surface area contributed by atoms with Crippen molar-refractivity contribution in [1.82, 2.24) is 0 Å². The van der Waals surface area contributed by atoms with Crippen molar-refractivity contribution in [2.75, 3.05) is 12.0 Å². The average molecular weight is 194 g/mol. The fourth-order valence-electron chi connectivity index (χ4n) is 1.05. The van der Waals surface area contributed by atoms with E-state index < -0.39 is 15.9 Å². The lowest BCUT2D eigenvalue weighted by atomic mass is 10.0. The summed E-state index contributed by atoms with van der Waals surface area (Å²) in [6.45, 7) is 4.03. The first-order valence-corrected chi connectivity index (χ1v) is 6.27. The van der Waals surface area contributed by atoms with Crippen LogP contribution in [0.5, 0.6) is 0 Å². The van der Waals surface area contributed by atoms with Crippen LogP contribution in [0.15, 0.2) is 0 Å². The standard InChI is InChI=1S/C8H18O3S/c1-4-7(2)5-8(9)6-12(3,10)11/h7-9H,4-6H2,1-3H3. The Morgan fingerprint density at radius 1 is 1.42 bits per heavy atom. The Balaban J connectivity index is 3.82. The molecule has 0 radical (unpaired) electrons. The zero-order valence-electron chi connectivity index (χ0n) is 7.95. The molecule has 0 fully saturated rings. The molecule has 12 heavy (non-hydrogen) atoms. The number of sulfone groups is 1. The Morgan fingerprint density at radius 2 is 1.92 bits per heavy atom. The van der Waals surface area contributed by atoms with Gasteiger partial charge in [0.1, 0.15) is 9.84 Å². The molecular weight excluding hydrogens is 176 g/mol. The molecule has 0 bridgehead atoms. The van der Waals surface area contributed by atoms with Crippen molar-refractivity contribution in [3.05, 3.63) is 0 Å². The lowest BCUT2D eigenvalue weighted by Gasteiger charge is -2.13. The topological polar surface area (TPSA) is 54.4 Å². The second-order valence-corrected chi connectivity index (χ2v) is 5.68. The van der Waals surface area contributed by atoms with E-state index in [-0.39, 0.29) is 5.75 Å². The van der Waals surface area contributed by atoms with Crippen LogP contribution in [0.25, 0.3) is 0 Å². The Kier molecular flexibility index (Phi) is 4.78. The molecule has 0 saturated heterocycles. The van der Waals surface area contributed by atoms with Gasteiger partial charge in [-0.25, -0.2) is 8.42 Å². The number of rotatable bonds is 5. The second-order valence-electron chi connectivity index (χ2n) is 3.50. The molecular formula is C8H18O3S. The molecule has 0 saturated carbocycles. The van der Waals surface area contributed by atoms with Crippen molar-refractivity contribution in [2.24, 2.45) is 5.92 Å². The molecule has 0 aromatic carbocycles. The Bertz CT molecular complexity index is 208. The summed E-state index contributed by atoms with van der Waals surface area (Å²) in [5.74, 6) is 0.277. The van der Waals surface area contributed by atoms with Crippen LogP contribution < -0.4 is 0 Å². The third kappa shape index (κ3) is 6.61. The predicted molar refractivity (Wildman–Crippen MR) is 49.8 cm³/mol. The Labute approximate surface area is 74.7 Å². The van der Waals surface area contributed by atoms with Crippen LogP contribution in [0.2, 0.25) is 0 Å². The molecule has 2 atom stereocenters. The molecule has 0 aliphatic carbocycles. The largest absolute Gasteiger partial charge is 0.392 e. The second kappa shape index (κ2) is 4.82. The molecule has 2 unspecified atom stereocenters. The first-order valence-electron chi connectivity index (χ1n) is 4.21. The highest BCUT2D eigenvalue weighted by atomic mass is 32.2. The predicted octanol–water partition coefficient (Wildman–Crippen LogP) is 0.828. The maximum atomic E-state index is 10.8. The maximum absolute atomic E-state index is 10.8. The molecule has 0 aliphatic rings. The highest BCUT2D eigenvalue weighted by molar-refractivity contribution is 7.90. The van der Waals surface area contributed by atoms with Gasteiger partial charge in [0.2, 0.25) is 0 Å². The van der Waals surface area contributed by atoms with Gasteiger partial charge in [-0.1, -0.05) is 20.3 Å². The van der Waals surface area contributed by atoms with Crippen molar-refractivity contribution in [2.45, 2.75) is 32.8 Å². The summed E-state index contributed by atoms with van der Waals surface area (Å²) < 4.78 is 21.5. The lowest BCUT2D eigenvalue weighted by Crippen LogP contribution is -2.21. The van der Waals surface area contributed by atoms with E-state index in [4.69, 9.17) is 0 Å². The normalized spacial score (nSPS) is 17.3. The number of aliphatic hydroxyl groups excluding tert-OH is 1.